The average Bonchev–Trinajstić information content (AvgIpc) is 3.16. The van der Waals surface area contributed by atoms with Crippen LogP contribution in [0.5, 0.6) is 17.2 Å². The Labute approximate surface area is 176 Å². The van der Waals surface area contributed by atoms with E-state index in [4.69, 9.17) is 14.2 Å². The van der Waals surface area contributed by atoms with E-state index in [-0.39, 0.29) is 11.9 Å². The minimum Gasteiger partial charge on any atom is -0.497 e. The van der Waals surface area contributed by atoms with E-state index in [1.165, 1.54) is 0 Å². The molecule has 0 radical (unpaired) electrons. The number of ether oxygens (including phenoxy) is 3. The minimum atomic E-state index is 0.0567. The van der Waals surface area contributed by atoms with Crippen molar-refractivity contribution in [1.29, 1.82) is 0 Å². The summed E-state index contributed by atoms with van der Waals surface area (Å²) in [7, 11) is 1.66. The van der Waals surface area contributed by atoms with Gasteiger partial charge in [-0.15, -0.1) is 0 Å². The largest absolute Gasteiger partial charge is 0.497 e. The summed E-state index contributed by atoms with van der Waals surface area (Å²) in [4.78, 5) is 15.4. The maximum absolute atomic E-state index is 13.4. The van der Waals surface area contributed by atoms with E-state index >= 15 is 0 Å². The van der Waals surface area contributed by atoms with E-state index < -0.39 is 0 Å². The topological polar surface area (TPSA) is 48.0 Å². The molecule has 3 aromatic rings. The van der Waals surface area contributed by atoms with Crippen LogP contribution in [-0.2, 0) is 0 Å². The first kappa shape index (κ1) is 18.8. The molecule has 154 valence electrons. The van der Waals surface area contributed by atoms with Gasteiger partial charge in [-0.25, -0.2) is 0 Å². The van der Waals surface area contributed by atoms with Gasteiger partial charge in [0.15, 0.2) is 11.5 Å². The van der Waals surface area contributed by atoms with Crippen LogP contribution in [0.3, 0.4) is 0 Å². The molecule has 0 N–H and O–H groups in total. The molecule has 1 unspecified atom stereocenters. The molecular weight excluding hydrogens is 378 g/mol. The van der Waals surface area contributed by atoms with E-state index in [1.807, 2.05) is 53.4 Å². The van der Waals surface area contributed by atoms with Crippen LogP contribution >= 0.6 is 0 Å². The second kappa shape index (κ2) is 7.90. The number of amides is 1. The van der Waals surface area contributed by atoms with Gasteiger partial charge in [0, 0.05) is 18.5 Å². The number of methoxy groups -OCH3 is 1. The first-order chi connectivity index (χ1) is 14.7. The first-order valence-corrected chi connectivity index (χ1v) is 10.5. The average molecular weight is 403 g/mol. The second-order valence-corrected chi connectivity index (χ2v) is 7.84. The predicted molar refractivity (Wildman–Crippen MR) is 116 cm³/mol. The molecule has 0 aliphatic carbocycles. The van der Waals surface area contributed by atoms with Crippen molar-refractivity contribution in [2.24, 2.45) is 0 Å². The Morgan fingerprint density at radius 2 is 1.73 bits per heavy atom. The minimum absolute atomic E-state index is 0.0567. The number of carbonyl (C=O) groups is 1. The molecule has 2 aliphatic rings. The Morgan fingerprint density at radius 3 is 2.60 bits per heavy atom. The number of benzene rings is 3. The van der Waals surface area contributed by atoms with Crippen LogP contribution in [0.1, 0.15) is 41.2 Å². The van der Waals surface area contributed by atoms with Crippen molar-refractivity contribution in [1.82, 2.24) is 4.90 Å². The lowest BCUT2D eigenvalue weighted by Gasteiger charge is -2.26. The molecule has 1 amide bonds. The lowest BCUT2D eigenvalue weighted by atomic mass is 10.0. The molecule has 5 rings (SSSR count). The number of carbonyl (C=O) groups excluding carboxylic acids is 1. The first-order valence-electron chi connectivity index (χ1n) is 10.5. The molecule has 0 spiro atoms. The number of likely N-dealkylation sites (tertiary alicyclic amines) is 1. The maximum Gasteiger partial charge on any atom is 0.254 e. The number of hydrogen-bond acceptors (Lipinski definition) is 4. The third-order valence-electron chi connectivity index (χ3n) is 5.96. The van der Waals surface area contributed by atoms with Crippen LogP contribution in [0.4, 0.5) is 0 Å². The molecule has 1 fully saturated rings. The highest BCUT2D eigenvalue weighted by Gasteiger charge is 2.31. The van der Waals surface area contributed by atoms with Gasteiger partial charge in [-0.2, -0.15) is 0 Å². The van der Waals surface area contributed by atoms with Gasteiger partial charge in [0.1, 0.15) is 5.75 Å². The van der Waals surface area contributed by atoms with Gasteiger partial charge in [-0.1, -0.05) is 18.2 Å². The molecule has 0 aromatic heterocycles. The van der Waals surface area contributed by atoms with Crippen molar-refractivity contribution >= 4 is 16.7 Å². The van der Waals surface area contributed by atoms with Crippen LogP contribution in [-0.4, -0.2) is 37.7 Å². The van der Waals surface area contributed by atoms with Gasteiger partial charge in [-0.05, 0) is 65.6 Å². The number of hydrogen-bond donors (Lipinski definition) is 0. The van der Waals surface area contributed by atoms with Gasteiger partial charge >= 0.3 is 0 Å². The monoisotopic (exact) mass is 403 g/mol. The van der Waals surface area contributed by atoms with Gasteiger partial charge in [0.25, 0.3) is 5.91 Å². The fraction of sp³-hybridized carbons (Fsp3) is 0.320. The Bertz CT molecular complexity index is 1090. The predicted octanol–water partition coefficient (Wildman–Crippen LogP) is 4.99. The third-order valence-corrected chi connectivity index (χ3v) is 5.96. The number of rotatable bonds is 3. The van der Waals surface area contributed by atoms with Crippen molar-refractivity contribution in [2.45, 2.75) is 25.3 Å². The van der Waals surface area contributed by atoms with Crippen LogP contribution in [0.15, 0.2) is 54.6 Å². The SMILES string of the molecule is COc1ccc2cc(C(=O)N3CCCC3c3ccc4c(c3)OCCCO4)ccc2c1. The third kappa shape index (κ3) is 3.45. The summed E-state index contributed by atoms with van der Waals surface area (Å²) in [6.07, 6.45) is 2.83. The summed E-state index contributed by atoms with van der Waals surface area (Å²) in [5, 5.41) is 2.10. The Kier molecular flexibility index (Phi) is 4.95. The fourth-order valence-electron chi connectivity index (χ4n) is 4.39. The molecule has 0 bridgehead atoms. The molecule has 2 heterocycles. The Morgan fingerprint density at radius 1 is 0.933 bits per heavy atom. The molecule has 5 heteroatoms. The zero-order valence-electron chi connectivity index (χ0n) is 17.1. The fourth-order valence-corrected chi connectivity index (χ4v) is 4.39. The molecule has 0 saturated carbocycles. The van der Waals surface area contributed by atoms with E-state index in [0.717, 1.165) is 59.4 Å². The zero-order chi connectivity index (χ0) is 20.5. The molecule has 30 heavy (non-hydrogen) atoms. The highest BCUT2D eigenvalue weighted by molar-refractivity contribution is 5.99. The summed E-state index contributed by atoms with van der Waals surface area (Å²) in [5.74, 6) is 2.46. The lowest BCUT2D eigenvalue weighted by molar-refractivity contribution is 0.0735. The maximum atomic E-state index is 13.4. The number of nitrogens with zero attached hydrogens (tertiary/aromatic N) is 1. The van der Waals surface area contributed by atoms with Gasteiger partial charge < -0.3 is 19.1 Å². The summed E-state index contributed by atoms with van der Waals surface area (Å²) in [6.45, 7) is 2.10. The van der Waals surface area contributed by atoms with E-state index in [0.29, 0.717) is 18.8 Å². The highest BCUT2D eigenvalue weighted by atomic mass is 16.5. The summed E-state index contributed by atoms with van der Waals surface area (Å²) in [5.41, 5.74) is 1.82. The molecule has 3 aromatic carbocycles. The van der Waals surface area contributed by atoms with Gasteiger partial charge in [0.05, 0.1) is 26.4 Å². The number of fused-ring (bicyclic) bond motifs is 2. The second-order valence-electron chi connectivity index (χ2n) is 7.84. The molecule has 5 nitrogen and oxygen atoms in total. The standard InChI is InChI=1S/C25H25NO4/c1-28-21-9-7-17-14-20(6-5-18(17)15-21)25(27)26-11-2-4-22(26)19-8-10-23-24(16-19)30-13-3-12-29-23/h5-10,14-16,22H,2-4,11-13H2,1H3. The molecule has 1 atom stereocenters. The summed E-state index contributed by atoms with van der Waals surface area (Å²) >= 11 is 0. The Hall–Kier alpha value is -3.21. The van der Waals surface area contributed by atoms with Crippen molar-refractivity contribution in [3.8, 4) is 17.2 Å². The summed E-state index contributed by atoms with van der Waals surface area (Å²) in [6, 6.07) is 17.9. The molecular formula is C25H25NO4. The van der Waals surface area contributed by atoms with Crippen molar-refractivity contribution in [3.05, 3.63) is 65.7 Å². The van der Waals surface area contributed by atoms with Crippen molar-refractivity contribution in [3.63, 3.8) is 0 Å². The van der Waals surface area contributed by atoms with Crippen LogP contribution in [0, 0.1) is 0 Å². The van der Waals surface area contributed by atoms with Crippen LogP contribution in [0.25, 0.3) is 10.8 Å². The molecule has 1 saturated heterocycles. The highest BCUT2D eigenvalue weighted by Crippen LogP contribution is 2.38. The van der Waals surface area contributed by atoms with Gasteiger partial charge in [0.2, 0.25) is 0 Å². The van der Waals surface area contributed by atoms with E-state index in [1.54, 1.807) is 7.11 Å². The van der Waals surface area contributed by atoms with Crippen molar-refractivity contribution < 1.29 is 19.0 Å². The van der Waals surface area contributed by atoms with E-state index in [2.05, 4.69) is 6.07 Å². The lowest BCUT2D eigenvalue weighted by Crippen LogP contribution is -2.30. The van der Waals surface area contributed by atoms with Crippen LogP contribution in [0.2, 0.25) is 0 Å². The van der Waals surface area contributed by atoms with E-state index in [9.17, 15) is 4.79 Å². The van der Waals surface area contributed by atoms with Gasteiger partial charge in [-0.3, -0.25) is 4.79 Å². The smallest absolute Gasteiger partial charge is 0.254 e. The van der Waals surface area contributed by atoms with Crippen LogP contribution < -0.4 is 14.2 Å². The van der Waals surface area contributed by atoms with Crippen molar-refractivity contribution in [2.75, 3.05) is 26.9 Å². The normalized spacial score (nSPS) is 18.3. The quantitative estimate of drug-likeness (QED) is 0.618. The molecule has 2 aliphatic heterocycles. The Balaban J connectivity index is 1.42. The zero-order valence-corrected chi connectivity index (χ0v) is 17.1. The summed E-state index contributed by atoms with van der Waals surface area (Å²) < 4.78 is 16.9.